The average molecular weight is 256 g/mol. The second-order valence-corrected chi connectivity index (χ2v) is 4.78. The monoisotopic (exact) mass is 256 g/mol. The van der Waals surface area contributed by atoms with Crippen molar-refractivity contribution >= 4 is 17.1 Å². The molecule has 0 aliphatic rings. The van der Waals surface area contributed by atoms with E-state index >= 15 is 0 Å². The van der Waals surface area contributed by atoms with Crippen LogP contribution in [0.5, 0.6) is 5.75 Å². The molecule has 19 heavy (non-hydrogen) atoms. The highest BCUT2D eigenvalue weighted by Gasteiger charge is 2.09. The molecular formula is C16H20N2O. The summed E-state index contributed by atoms with van der Waals surface area (Å²) in [6.07, 6.45) is 0. The van der Waals surface area contributed by atoms with Crippen LogP contribution in [0.2, 0.25) is 0 Å². The zero-order valence-corrected chi connectivity index (χ0v) is 11.9. The third-order valence-corrected chi connectivity index (χ3v) is 3.31. The molecule has 0 saturated heterocycles. The van der Waals surface area contributed by atoms with Crippen molar-refractivity contribution in [3.8, 4) is 5.75 Å². The molecule has 0 aromatic heterocycles. The van der Waals surface area contributed by atoms with Crippen LogP contribution in [0.4, 0.5) is 17.1 Å². The standard InChI is InChI=1S/C16H20N2O/c1-11-5-7-15(14(17)9-11)18(3)13-6-8-16(19-4)12(2)10-13/h5-10H,17H2,1-4H3. The molecule has 0 atom stereocenters. The minimum Gasteiger partial charge on any atom is -0.496 e. The Kier molecular flexibility index (Phi) is 3.65. The van der Waals surface area contributed by atoms with Gasteiger partial charge in [0.15, 0.2) is 0 Å². The summed E-state index contributed by atoms with van der Waals surface area (Å²) in [5, 5.41) is 0. The molecule has 3 nitrogen and oxygen atoms in total. The molecule has 0 unspecified atom stereocenters. The summed E-state index contributed by atoms with van der Waals surface area (Å²) >= 11 is 0. The van der Waals surface area contributed by atoms with Gasteiger partial charge in [-0.15, -0.1) is 0 Å². The quantitative estimate of drug-likeness (QED) is 0.852. The predicted octanol–water partition coefficient (Wildman–Crippen LogP) is 3.66. The van der Waals surface area contributed by atoms with Crippen LogP contribution in [0.25, 0.3) is 0 Å². The summed E-state index contributed by atoms with van der Waals surface area (Å²) in [6.45, 7) is 4.08. The number of anilines is 3. The van der Waals surface area contributed by atoms with Crippen LogP contribution in [0.3, 0.4) is 0 Å². The van der Waals surface area contributed by atoms with Gasteiger partial charge < -0.3 is 15.4 Å². The van der Waals surface area contributed by atoms with Crippen molar-refractivity contribution in [3.63, 3.8) is 0 Å². The second kappa shape index (κ2) is 5.22. The van der Waals surface area contributed by atoms with Crippen LogP contribution in [-0.2, 0) is 0 Å². The number of nitrogens with zero attached hydrogens (tertiary/aromatic N) is 1. The van der Waals surface area contributed by atoms with Gasteiger partial charge in [-0.2, -0.15) is 0 Å². The van der Waals surface area contributed by atoms with E-state index in [1.165, 1.54) is 5.56 Å². The van der Waals surface area contributed by atoms with E-state index in [0.717, 1.165) is 28.4 Å². The topological polar surface area (TPSA) is 38.5 Å². The second-order valence-electron chi connectivity index (χ2n) is 4.78. The smallest absolute Gasteiger partial charge is 0.121 e. The Hall–Kier alpha value is -2.16. The van der Waals surface area contributed by atoms with Gasteiger partial charge in [0, 0.05) is 12.7 Å². The summed E-state index contributed by atoms with van der Waals surface area (Å²) in [4.78, 5) is 2.08. The summed E-state index contributed by atoms with van der Waals surface area (Å²) < 4.78 is 5.28. The number of nitrogen functional groups attached to an aromatic ring is 1. The number of benzene rings is 2. The predicted molar refractivity (Wildman–Crippen MR) is 81.4 cm³/mol. The number of methoxy groups -OCH3 is 1. The SMILES string of the molecule is COc1ccc(N(C)c2ccc(C)cc2N)cc1C. The molecule has 100 valence electrons. The molecule has 2 rings (SSSR count). The van der Waals surface area contributed by atoms with E-state index in [4.69, 9.17) is 10.5 Å². The Bertz CT molecular complexity index is 593. The molecule has 0 amide bonds. The van der Waals surface area contributed by atoms with Crippen molar-refractivity contribution in [2.24, 2.45) is 0 Å². The van der Waals surface area contributed by atoms with E-state index in [1.54, 1.807) is 7.11 Å². The van der Waals surface area contributed by atoms with Gasteiger partial charge in [-0.1, -0.05) is 6.07 Å². The first-order valence-corrected chi connectivity index (χ1v) is 6.27. The number of aryl methyl sites for hydroxylation is 2. The summed E-state index contributed by atoms with van der Waals surface area (Å²) in [5.41, 5.74) is 11.3. The highest BCUT2D eigenvalue weighted by molar-refractivity contribution is 5.75. The summed E-state index contributed by atoms with van der Waals surface area (Å²) in [6, 6.07) is 12.2. The average Bonchev–Trinajstić information content (AvgIpc) is 2.38. The highest BCUT2D eigenvalue weighted by Crippen LogP contribution is 2.32. The normalized spacial score (nSPS) is 10.3. The van der Waals surface area contributed by atoms with E-state index in [2.05, 4.69) is 17.0 Å². The van der Waals surface area contributed by atoms with E-state index in [9.17, 15) is 0 Å². The van der Waals surface area contributed by atoms with E-state index < -0.39 is 0 Å². The van der Waals surface area contributed by atoms with Gasteiger partial charge in [-0.05, 0) is 55.3 Å². The van der Waals surface area contributed by atoms with Crippen LogP contribution in [-0.4, -0.2) is 14.2 Å². The first-order chi connectivity index (χ1) is 9.02. The van der Waals surface area contributed by atoms with Crippen LogP contribution >= 0.6 is 0 Å². The largest absolute Gasteiger partial charge is 0.496 e. The van der Waals surface area contributed by atoms with E-state index in [0.29, 0.717) is 0 Å². The third kappa shape index (κ3) is 2.65. The molecule has 0 heterocycles. The highest BCUT2D eigenvalue weighted by atomic mass is 16.5. The molecule has 0 saturated carbocycles. The fourth-order valence-corrected chi connectivity index (χ4v) is 2.19. The number of rotatable bonds is 3. The van der Waals surface area contributed by atoms with Gasteiger partial charge in [0.1, 0.15) is 5.75 Å². The molecule has 0 fully saturated rings. The first kappa shape index (κ1) is 13.3. The zero-order valence-electron chi connectivity index (χ0n) is 11.9. The number of hydrogen-bond donors (Lipinski definition) is 1. The molecule has 2 N–H and O–H groups in total. The third-order valence-electron chi connectivity index (χ3n) is 3.31. The molecule has 0 bridgehead atoms. The van der Waals surface area contributed by atoms with Crippen molar-refractivity contribution in [1.29, 1.82) is 0 Å². The van der Waals surface area contributed by atoms with Crippen LogP contribution < -0.4 is 15.4 Å². The maximum atomic E-state index is 6.09. The van der Waals surface area contributed by atoms with Crippen molar-refractivity contribution < 1.29 is 4.74 Å². The lowest BCUT2D eigenvalue weighted by molar-refractivity contribution is 0.412. The Morgan fingerprint density at radius 3 is 2.37 bits per heavy atom. The Morgan fingerprint density at radius 2 is 1.79 bits per heavy atom. The van der Waals surface area contributed by atoms with E-state index in [1.807, 2.05) is 45.2 Å². The lowest BCUT2D eigenvalue weighted by Gasteiger charge is -2.22. The molecule has 0 radical (unpaired) electrons. The molecule has 3 heteroatoms. The number of nitrogens with two attached hydrogens (primary N) is 1. The van der Waals surface area contributed by atoms with Gasteiger partial charge in [0.05, 0.1) is 18.5 Å². The summed E-state index contributed by atoms with van der Waals surface area (Å²) in [7, 11) is 3.70. The lowest BCUT2D eigenvalue weighted by atomic mass is 10.1. The minimum atomic E-state index is 0.788. The van der Waals surface area contributed by atoms with Crippen molar-refractivity contribution in [3.05, 3.63) is 47.5 Å². The molecular weight excluding hydrogens is 236 g/mol. The van der Waals surface area contributed by atoms with Gasteiger partial charge in [-0.25, -0.2) is 0 Å². The summed E-state index contributed by atoms with van der Waals surface area (Å²) in [5.74, 6) is 0.897. The van der Waals surface area contributed by atoms with Crippen molar-refractivity contribution in [2.45, 2.75) is 13.8 Å². The fraction of sp³-hybridized carbons (Fsp3) is 0.250. The zero-order chi connectivity index (χ0) is 14.0. The Morgan fingerprint density at radius 1 is 1.05 bits per heavy atom. The maximum absolute atomic E-state index is 6.09. The maximum Gasteiger partial charge on any atom is 0.121 e. The van der Waals surface area contributed by atoms with Gasteiger partial charge in [0.2, 0.25) is 0 Å². The molecule has 0 spiro atoms. The van der Waals surface area contributed by atoms with Gasteiger partial charge >= 0.3 is 0 Å². The van der Waals surface area contributed by atoms with Crippen molar-refractivity contribution in [2.75, 3.05) is 24.8 Å². The molecule has 0 aliphatic heterocycles. The van der Waals surface area contributed by atoms with Crippen molar-refractivity contribution in [1.82, 2.24) is 0 Å². The van der Waals surface area contributed by atoms with E-state index in [-0.39, 0.29) is 0 Å². The Balaban J connectivity index is 2.38. The molecule has 2 aromatic rings. The van der Waals surface area contributed by atoms with Gasteiger partial charge in [0.25, 0.3) is 0 Å². The molecule has 0 aliphatic carbocycles. The van der Waals surface area contributed by atoms with Crippen LogP contribution in [0.15, 0.2) is 36.4 Å². The molecule has 2 aromatic carbocycles. The first-order valence-electron chi connectivity index (χ1n) is 6.27. The number of ether oxygens (including phenoxy) is 1. The fourth-order valence-electron chi connectivity index (χ4n) is 2.19. The van der Waals surface area contributed by atoms with Crippen LogP contribution in [0.1, 0.15) is 11.1 Å². The number of hydrogen-bond acceptors (Lipinski definition) is 3. The van der Waals surface area contributed by atoms with Gasteiger partial charge in [-0.3, -0.25) is 0 Å². The Labute approximate surface area is 114 Å². The minimum absolute atomic E-state index is 0.788. The van der Waals surface area contributed by atoms with Crippen LogP contribution in [0, 0.1) is 13.8 Å². The lowest BCUT2D eigenvalue weighted by Crippen LogP contribution is -2.12.